The van der Waals surface area contributed by atoms with E-state index in [0.29, 0.717) is 11.7 Å². The van der Waals surface area contributed by atoms with E-state index in [9.17, 15) is 4.79 Å². The number of nitrogens with two attached hydrogens (primary N) is 1. The summed E-state index contributed by atoms with van der Waals surface area (Å²) in [6, 6.07) is 0. The second-order valence-electron chi connectivity index (χ2n) is 4.25. The lowest BCUT2D eigenvalue weighted by molar-refractivity contribution is 0.0594. The third-order valence-corrected chi connectivity index (χ3v) is 2.31. The summed E-state index contributed by atoms with van der Waals surface area (Å²) in [6.07, 6.45) is 4.43. The zero-order valence-corrected chi connectivity index (χ0v) is 11.4. The van der Waals surface area contributed by atoms with Gasteiger partial charge in [0, 0.05) is 0 Å². The molecular weight excluding hydrogens is 262 g/mol. The van der Waals surface area contributed by atoms with E-state index in [1.807, 2.05) is 13.8 Å². The van der Waals surface area contributed by atoms with Crippen LogP contribution >= 0.6 is 0 Å². The SMILES string of the molecule is COC(=O)c1nn(-c2cncc(OC(C)C)n2)cc1N. The maximum atomic E-state index is 11.5. The van der Waals surface area contributed by atoms with Crippen molar-refractivity contribution in [2.45, 2.75) is 20.0 Å². The van der Waals surface area contributed by atoms with Crippen molar-refractivity contribution >= 4 is 11.7 Å². The summed E-state index contributed by atoms with van der Waals surface area (Å²) in [7, 11) is 1.26. The third-order valence-electron chi connectivity index (χ3n) is 2.31. The molecule has 106 valence electrons. The fraction of sp³-hybridized carbons (Fsp3) is 0.333. The Kier molecular flexibility index (Phi) is 3.83. The Morgan fingerprint density at radius 3 is 2.80 bits per heavy atom. The van der Waals surface area contributed by atoms with Gasteiger partial charge in [0.15, 0.2) is 11.5 Å². The first-order valence-electron chi connectivity index (χ1n) is 5.93. The minimum absolute atomic E-state index is 0.0205. The second kappa shape index (κ2) is 5.55. The molecule has 0 aliphatic carbocycles. The first-order valence-corrected chi connectivity index (χ1v) is 5.93. The Bertz CT molecular complexity index is 623. The third kappa shape index (κ3) is 2.85. The minimum atomic E-state index is -0.608. The molecule has 0 spiro atoms. The number of carbonyl (C=O) groups is 1. The molecule has 0 amide bonds. The number of carbonyl (C=O) groups excluding carboxylic acids is 1. The minimum Gasteiger partial charge on any atom is -0.474 e. The summed E-state index contributed by atoms with van der Waals surface area (Å²) in [5, 5.41) is 4.03. The largest absolute Gasteiger partial charge is 0.474 e. The van der Waals surface area contributed by atoms with E-state index >= 15 is 0 Å². The van der Waals surface area contributed by atoms with Gasteiger partial charge in [-0.25, -0.2) is 9.48 Å². The maximum Gasteiger partial charge on any atom is 0.360 e. The summed E-state index contributed by atoms with van der Waals surface area (Å²) in [5.74, 6) is 0.153. The highest BCUT2D eigenvalue weighted by Gasteiger charge is 2.16. The van der Waals surface area contributed by atoms with Crippen molar-refractivity contribution in [3.05, 3.63) is 24.3 Å². The van der Waals surface area contributed by atoms with E-state index in [-0.39, 0.29) is 17.5 Å². The standard InChI is InChI=1S/C12H15N5O3/c1-7(2)20-10-5-14-4-9(15-10)17-6-8(13)11(16-17)12(18)19-3/h4-7H,13H2,1-3H3. The Morgan fingerprint density at radius 2 is 2.15 bits per heavy atom. The Morgan fingerprint density at radius 1 is 1.40 bits per heavy atom. The Labute approximate surface area is 115 Å². The highest BCUT2D eigenvalue weighted by molar-refractivity contribution is 5.92. The average molecular weight is 277 g/mol. The Hall–Kier alpha value is -2.64. The van der Waals surface area contributed by atoms with Gasteiger partial charge in [-0.15, -0.1) is 0 Å². The van der Waals surface area contributed by atoms with Gasteiger partial charge < -0.3 is 15.2 Å². The van der Waals surface area contributed by atoms with Gasteiger partial charge in [0.05, 0.1) is 37.5 Å². The molecule has 0 aromatic carbocycles. The lowest BCUT2D eigenvalue weighted by Gasteiger charge is -2.08. The molecule has 2 aromatic rings. The summed E-state index contributed by atoms with van der Waals surface area (Å²) < 4.78 is 11.4. The van der Waals surface area contributed by atoms with Gasteiger partial charge in [-0.1, -0.05) is 0 Å². The first-order chi connectivity index (χ1) is 9.51. The van der Waals surface area contributed by atoms with Gasteiger partial charge in [-0.2, -0.15) is 10.1 Å². The number of hydrogen-bond acceptors (Lipinski definition) is 7. The molecule has 2 rings (SSSR count). The molecule has 0 atom stereocenters. The van der Waals surface area contributed by atoms with E-state index in [1.165, 1.54) is 30.4 Å². The maximum absolute atomic E-state index is 11.5. The van der Waals surface area contributed by atoms with Crippen molar-refractivity contribution in [2.75, 3.05) is 12.8 Å². The molecule has 0 saturated heterocycles. The number of nitrogens with zero attached hydrogens (tertiary/aromatic N) is 4. The lowest BCUT2D eigenvalue weighted by atomic mass is 10.4. The molecule has 8 nitrogen and oxygen atoms in total. The van der Waals surface area contributed by atoms with Gasteiger partial charge in [-0.05, 0) is 13.8 Å². The molecule has 0 unspecified atom stereocenters. The molecule has 0 fully saturated rings. The van der Waals surface area contributed by atoms with Gasteiger partial charge in [0.25, 0.3) is 0 Å². The molecule has 0 radical (unpaired) electrons. The molecule has 0 saturated carbocycles. The molecule has 0 aliphatic heterocycles. The summed E-state index contributed by atoms with van der Waals surface area (Å²) in [4.78, 5) is 19.7. The second-order valence-corrected chi connectivity index (χ2v) is 4.25. The van der Waals surface area contributed by atoms with Gasteiger partial charge in [0.1, 0.15) is 0 Å². The quantitative estimate of drug-likeness (QED) is 0.824. The van der Waals surface area contributed by atoms with Crippen LogP contribution < -0.4 is 10.5 Å². The number of ether oxygens (including phenoxy) is 2. The summed E-state index contributed by atoms with van der Waals surface area (Å²) in [6.45, 7) is 3.77. The molecule has 0 bridgehead atoms. The van der Waals surface area contributed by atoms with Crippen molar-refractivity contribution in [3.8, 4) is 11.7 Å². The van der Waals surface area contributed by atoms with Crippen LogP contribution in [0.1, 0.15) is 24.3 Å². The number of esters is 1. The Balaban J connectivity index is 2.34. The predicted octanol–water partition coefficient (Wildman–Crippen LogP) is 0.818. The zero-order chi connectivity index (χ0) is 14.7. The number of methoxy groups -OCH3 is 1. The molecular formula is C12H15N5O3. The normalized spacial score (nSPS) is 10.6. The average Bonchev–Trinajstić information content (AvgIpc) is 2.79. The molecule has 2 aromatic heterocycles. The van der Waals surface area contributed by atoms with Crippen LogP contribution in [0.4, 0.5) is 5.69 Å². The van der Waals surface area contributed by atoms with Gasteiger partial charge in [-0.3, -0.25) is 4.98 Å². The number of aromatic nitrogens is 4. The lowest BCUT2D eigenvalue weighted by Crippen LogP contribution is -2.09. The van der Waals surface area contributed by atoms with Crippen LogP contribution in [-0.2, 0) is 4.74 Å². The van der Waals surface area contributed by atoms with E-state index in [2.05, 4.69) is 19.8 Å². The predicted molar refractivity (Wildman–Crippen MR) is 70.7 cm³/mol. The van der Waals surface area contributed by atoms with Gasteiger partial charge >= 0.3 is 5.97 Å². The van der Waals surface area contributed by atoms with E-state index in [1.54, 1.807) is 0 Å². The zero-order valence-electron chi connectivity index (χ0n) is 11.4. The molecule has 0 aliphatic rings. The van der Waals surface area contributed by atoms with Crippen LogP contribution in [0.15, 0.2) is 18.6 Å². The van der Waals surface area contributed by atoms with Crippen LogP contribution in [0.25, 0.3) is 5.82 Å². The van der Waals surface area contributed by atoms with Crippen molar-refractivity contribution in [2.24, 2.45) is 0 Å². The van der Waals surface area contributed by atoms with Crippen molar-refractivity contribution < 1.29 is 14.3 Å². The van der Waals surface area contributed by atoms with Crippen LogP contribution in [0, 0.1) is 0 Å². The summed E-state index contributed by atoms with van der Waals surface area (Å²) in [5.41, 5.74) is 5.94. The van der Waals surface area contributed by atoms with E-state index < -0.39 is 5.97 Å². The molecule has 8 heteroatoms. The molecule has 20 heavy (non-hydrogen) atoms. The smallest absolute Gasteiger partial charge is 0.360 e. The first kappa shape index (κ1) is 13.8. The van der Waals surface area contributed by atoms with Crippen molar-refractivity contribution in [1.29, 1.82) is 0 Å². The van der Waals surface area contributed by atoms with Crippen molar-refractivity contribution in [1.82, 2.24) is 19.7 Å². The molecule has 2 N–H and O–H groups in total. The molecule has 2 heterocycles. The van der Waals surface area contributed by atoms with E-state index in [0.717, 1.165) is 0 Å². The van der Waals surface area contributed by atoms with Gasteiger partial charge in [0.2, 0.25) is 5.88 Å². The van der Waals surface area contributed by atoms with Crippen LogP contribution in [0.3, 0.4) is 0 Å². The fourth-order valence-corrected chi connectivity index (χ4v) is 1.51. The van der Waals surface area contributed by atoms with Crippen molar-refractivity contribution in [3.63, 3.8) is 0 Å². The highest BCUT2D eigenvalue weighted by Crippen LogP contribution is 2.15. The fourth-order valence-electron chi connectivity index (χ4n) is 1.51. The number of nitrogen functional groups attached to an aromatic ring is 1. The van der Waals surface area contributed by atoms with Crippen LogP contribution in [-0.4, -0.2) is 38.9 Å². The number of hydrogen-bond donors (Lipinski definition) is 1. The topological polar surface area (TPSA) is 105 Å². The summed E-state index contributed by atoms with van der Waals surface area (Å²) >= 11 is 0. The van der Waals surface area contributed by atoms with Crippen LogP contribution in [0.5, 0.6) is 5.88 Å². The monoisotopic (exact) mass is 277 g/mol. The van der Waals surface area contributed by atoms with E-state index in [4.69, 9.17) is 10.5 Å². The highest BCUT2D eigenvalue weighted by atomic mass is 16.5. The van der Waals surface area contributed by atoms with Crippen LogP contribution in [0.2, 0.25) is 0 Å². The number of rotatable bonds is 4. The number of anilines is 1.